The smallest absolute Gasteiger partial charge is 0.347 e. The van der Waals surface area contributed by atoms with Crippen LogP contribution in [-0.4, -0.2) is 36.0 Å². The summed E-state index contributed by atoms with van der Waals surface area (Å²) in [4.78, 5) is 20.8. The summed E-state index contributed by atoms with van der Waals surface area (Å²) in [5.74, 6) is 0.634. The highest BCUT2D eigenvalue weighted by Gasteiger charge is 2.11. The molecule has 2 aromatic carbocycles. The summed E-state index contributed by atoms with van der Waals surface area (Å²) in [5, 5.41) is 8.10. The normalized spacial score (nSPS) is 10.8. The van der Waals surface area contributed by atoms with Gasteiger partial charge in [-0.05, 0) is 42.0 Å². The Kier molecular flexibility index (Phi) is 6.59. The van der Waals surface area contributed by atoms with Crippen LogP contribution in [0.3, 0.4) is 0 Å². The third-order valence-corrected chi connectivity index (χ3v) is 3.72. The minimum absolute atomic E-state index is 0.157. The van der Waals surface area contributed by atoms with Crippen molar-refractivity contribution in [2.45, 2.75) is 6.61 Å². The lowest BCUT2D eigenvalue weighted by atomic mass is 10.2. The number of ether oxygens (including phenoxy) is 2. The monoisotopic (exact) mass is 401 g/mol. The van der Waals surface area contributed by atoms with Gasteiger partial charge in [0, 0.05) is 10.6 Å². The van der Waals surface area contributed by atoms with E-state index in [9.17, 15) is 4.79 Å². The van der Waals surface area contributed by atoms with Crippen LogP contribution in [-0.2, 0) is 21.0 Å². The molecule has 0 atom stereocenters. The molecule has 9 heteroatoms. The zero-order valence-corrected chi connectivity index (χ0v) is 15.6. The minimum atomic E-state index is -0.616. The lowest BCUT2D eigenvalue weighted by Crippen LogP contribution is -2.11. The largest absolute Gasteiger partial charge is 0.497 e. The van der Waals surface area contributed by atoms with Gasteiger partial charge in [0.05, 0.1) is 13.3 Å². The van der Waals surface area contributed by atoms with Crippen LogP contribution in [0.15, 0.2) is 58.2 Å². The van der Waals surface area contributed by atoms with Crippen LogP contribution in [0.2, 0.25) is 5.02 Å². The van der Waals surface area contributed by atoms with E-state index in [1.807, 2.05) is 0 Å². The first kappa shape index (κ1) is 19.4. The first-order valence-electron chi connectivity index (χ1n) is 8.17. The predicted octanol–water partition coefficient (Wildman–Crippen LogP) is 3.49. The second-order valence-corrected chi connectivity index (χ2v) is 5.90. The van der Waals surface area contributed by atoms with Crippen molar-refractivity contribution in [1.82, 2.24) is 10.1 Å². The van der Waals surface area contributed by atoms with Crippen LogP contribution in [0.1, 0.15) is 11.5 Å². The Labute approximate surface area is 165 Å². The highest BCUT2D eigenvalue weighted by atomic mass is 35.5. The molecule has 0 N–H and O–H groups in total. The summed E-state index contributed by atoms with van der Waals surface area (Å²) in [5.41, 5.74) is 1.50. The molecule has 0 spiro atoms. The topological polar surface area (TPSA) is 96.0 Å². The maximum absolute atomic E-state index is 11.7. The van der Waals surface area contributed by atoms with Gasteiger partial charge < -0.3 is 18.8 Å². The van der Waals surface area contributed by atoms with Crippen molar-refractivity contribution in [1.29, 1.82) is 0 Å². The molecule has 0 saturated carbocycles. The number of hydrogen-bond acceptors (Lipinski definition) is 8. The summed E-state index contributed by atoms with van der Waals surface area (Å²) in [6.45, 7) is -0.514. The zero-order chi connectivity index (χ0) is 19.8. The van der Waals surface area contributed by atoms with E-state index in [1.165, 1.54) is 6.21 Å². The van der Waals surface area contributed by atoms with E-state index in [0.717, 1.165) is 11.3 Å². The zero-order valence-electron chi connectivity index (χ0n) is 14.9. The van der Waals surface area contributed by atoms with Gasteiger partial charge in [0.2, 0.25) is 12.4 Å². The molecule has 1 heterocycles. The third kappa shape index (κ3) is 5.55. The molecule has 8 nitrogen and oxygen atoms in total. The summed E-state index contributed by atoms with van der Waals surface area (Å²) in [6.07, 6.45) is 1.47. The average Bonchev–Trinajstić information content (AvgIpc) is 3.19. The fourth-order valence-corrected chi connectivity index (χ4v) is 2.31. The highest BCUT2D eigenvalue weighted by molar-refractivity contribution is 6.30. The Morgan fingerprint density at radius 2 is 2.07 bits per heavy atom. The van der Waals surface area contributed by atoms with Crippen LogP contribution < -0.4 is 4.74 Å². The van der Waals surface area contributed by atoms with Crippen molar-refractivity contribution >= 4 is 23.8 Å². The second-order valence-electron chi connectivity index (χ2n) is 5.46. The molecule has 0 radical (unpaired) electrons. The summed E-state index contributed by atoms with van der Waals surface area (Å²) in [6, 6.07) is 14.2. The summed E-state index contributed by atoms with van der Waals surface area (Å²) in [7, 11) is 1.59. The van der Waals surface area contributed by atoms with Gasteiger partial charge in [-0.15, -0.1) is 0 Å². The van der Waals surface area contributed by atoms with Crippen molar-refractivity contribution in [3.05, 3.63) is 65.0 Å². The van der Waals surface area contributed by atoms with Crippen molar-refractivity contribution in [2.24, 2.45) is 5.16 Å². The molecule has 0 bridgehead atoms. The third-order valence-electron chi connectivity index (χ3n) is 3.48. The van der Waals surface area contributed by atoms with Gasteiger partial charge in [0.15, 0.2) is 6.61 Å². The predicted molar refractivity (Wildman–Crippen MR) is 101 cm³/mol. The lowest BCUT2D eigenvalue weighted by Gasteiger charge is -2.01. The van der Waals surface area contributed by atoms with Gasteiger partial charge in [-0.2, -0.15) is 4.98 Å². The van der Waals surface area contributed by atoms with E-state index < -0.39 is 5.97 Å². The quantitative estimate of drug-likeness (QED) is 0.324. The molecule has 0 amide bonds. The number of nitrogens with zero attached hydrogens (tertiary/aromatic N) is 3. The maximum Gasteiger partial charge on any atom is 0.347 e. The van der Waals surface area contributed by atoms with E-state index in [0.29, 0.717) is 16.4 Å². The Balaban J connectivity index is 1.42. The van der Waals surface area contributed by atoms with E-state index in [4.69, 9.17) is 30.4 Å². The molecule has 0 aliphatic carbocycles. The van der Waals surface area contributed by atoms with Crippen LogP contribution in [0.5, 0.6) is 5.75 Å². The van der Waals surface area contributed by atoms with E-state index >= 15 is 0 Å². The molecule has 1 aromatic heterocycles. The van der Waals surface area contributed by atoms with Gasteiger partial charge in [0.25, 0.3) is 5.89 Å². The number of rotatable bonds is 8. The molecule has 144 valence electrons. The molecular weight excluding hydrogens is 386 g/mol. The van der Waals surface area contributed by atoms with E-state index in [2.05, 4.69) is 15.3 Å². The number of carbonyl (C=O) groups excluding carboxylic acids is 1. The average molecular weight is 402 g/mol. The number of hydrogen-bond donors (Lipinski definition) is 0. The van der Waals surface area contributed by atoms with E-state index in [-0.39, 0.29) is 19.1 Å². The number of esters is 1. The molecule has 3 rings (SSSR count). The van der Waals surface area contributed by atoms with Crippen LogP contribution in [0.25, 0.3) is 11.4 Å². The molecule has 3 aromatic rings. The molecule has 0 aliphatic heterocycles. The molecule has 0 unspecified atom stereocenters. The van der Waals surface area contributed by atoms with Crippen molar-refractivity contribution in [3.63, 3.8) is 0 Å². The standard InChI is InChI=1S/C19H16ClN3O5/c1-25-16-7-5-13(6-8-16)10-21-27-12-18(24)26-11-17-22-19(23-28-17)14-3-2-4-15(20)9-14/h2-10H,11-12H2,1H3/b21-10-. The van der Waals surface area contributed by atoms with Gasteiger partial charge >= 0.3 is 5.97 Å². The van der Waals surface area contributed by atoms with Crippen LogP contribution >= 0.6 is 11.6 Å². The number of halogens is 1. The molecular formula is C19H16ClN3O5. The van der Waals surface area contributed by atoms with Crippen molar-refractivity contribution < 1.29 is 23.6 Å². The Morgan fingerprint density at radius 3 is 2.82 bits per heavy atom. The summed E-state index contributed by atoms with van der Waals surface area (Å²) >= 11 is 5.93. The fraction of sp³-hybridized carbons (Fsp3) is 0.158. The fourth-order valence-electron chi connectivity index (χ4n) is 2.12. The van der Waals surface area contributed by atoms with Gasteiger partial charge in [-0.25, -0.2) is 4.79 Å². The Bertz CT molecular complexity index is 956. The van der Waals surface area contributed by atoms with Crippen molar-refractivity contribution in [3.8, 4) is 17.1 Å². The molecule has 0 fully saturated rings. The van der Waals surface area contributed by atoms with Crippen LogP contribution in [0.4, 0.5) is 0 Å². The first-order chi connectivity index (χ1) is 13.6. The maximum atomic E-state index is 11.7. The lowest BCUT2D eigenvalue weighted by molar-refractivity contribution is -0.151. The van der Waals surface area contributed by atoms with Gasteiger partial charge in [-0.1, -0.05) is 34.0 Å². The summed E-state index contributed by atoms with van der Waals surface area (Å²) < 4.78 is 15.1. The second kappa shape index (κ2) is 9.52. The van der Waals surface area contributed by atoms with E-state index in [1.54, 1.807) is 55.6 Å². The Hall–Kier alpha value is -3.39. The van der Waals surface area contributed by atoms with Crippen LogP contribution in [0, 0.1) is 0 Å². The Morgan fingerprint density at radius 1 is 1.25 bits per heavy atom. The SMILES string of the molecule is COc1ccc(/C=N\OCC(=O)OCc2nc(-c3cccc(Cl)c3)no2)cc1. The number of oxime groups is 1. The molecule has 0 saturated heterocycles. The van der Waals surface area contributed by atoms with Gasteiger partial charge in [0.1, 0.15) is 5.75 Å². The molecule has 28 heavy (non-hydrogen) atoms. The number of aromatic nitrogens is 2. The number of carbonyl (C=O) groups is 1. The number of benzene rings is 2. The molecule has 0 aliphatic rings. The highest BCUT2D eigenvalue weighted by Crippen LogP contribution is 2.20. The minimum Gasteiger partial charge on any atom is -0.497 e. The van der Waals surface area contributed by atoms with Gasteiger partial charge in [-0.3, -0.25) is 0 Å². The first-order valence-corrected chi connectivity index (χ1v) is 8.55. The van der Waals surface area contributed by atoms with Crippen molar-refractivity contribution in [2.75, 3.05) is 13.7 Å². The number of methoxy groups -OCH3 is 1.